The quantitative estimate of drug-likeness (QED) is 0.413. The summed E-state index contributed by atoms with van der Waals surface area (Å²) in [7, 11) is 0. The molecule has 1 aromatic heterocycles. The highest BCUT2D eigenvalue weighted by Crippen LogP contribution is 2.39. The van der Waals surface area contributed by atoms with Crippen LogP contribution in [-0.4, -0.2) is 22.8 Å². The number of carbonyl (C=O) groups is 1. The zero-order valence-corrected chi connectivity index (χ0v) is 16.8. The summed E-state index contributed by atoms with van der Waals surface area (Å²) in [6, 6.07) is 17.8. The molecular weight excluding hydrogens is 378 g/mol. The molecule has 0 amide bonds. The second kappa shape index (κ2) is 9.53. The molecule has 1 heterocycles. The number of esters is 1. The van der Waals surface area contributed by atoms with Crippen molar-refractivity contribution in [1.82, 2.24) is 10.2 Å². The summed E-state index contributed by atoms with van der Waals surface area (Å²) in [5, 5.41) is 11.9. The third kappa shape index (κ3) is 5.30. The summed E-state index contributed by atoms with van der Waals surface area (Å²) < 4.78 is 5.95. The van der Waals surface area contributed by atoms with Crippen LogP contribution in [0, 0.1) is 0 Å². The zero-order chi connectivity index (χ0) is 19.1. The average Bonchev–Trinajstić information content (AvgIpc) is 3.14. The van der Waals surface area contributed by atoms with Gasteiger partial charge in [-0.05, 0) is 36.6 Å². The number of thioether (sulfide) groups is 1. The van der Waals surface area contributed by atoms with E-state index in [0.717, 1.165) is 17.7 Å². The first-order chi connectivity index (χ1) is 13.2. The normalized spacial score (nSPS) is 11.8. The number of hydrogen-bond donors (Lipinski definition) is 1. The fraction of sp³-hybridized carbons (Fsp3) is 0.250. The highest BCUT2D eigenvalue weighted by Gasteiger charge is 2.25. The number of anilines is 2. The Morgan fingerprint density at radius 3 is 2.52 bits per heavy atom. The van der Waals surface area contributed by atoms with Crippen LogP contribution in [-0.2, 0) is 16.0 Å². The van der Waals surface area contributed by atoms with Crippen LogP contribution in [0.2, 0.25) is 0 Å². The van der Waals surface area contributed by atoms with Gasteiger partial charge in [0.15, 0.2) is 4.34 Å². The van der Waals surface area contributed by atoms with Crippen molar-refractivity contribution in [3.63, 3.8) is 0 Å². The van der Waals surface area contributed by atoms with Crippen molar-refractivity contribution in [3.05, 3.63) is 65.7 Å². The first-order valence-corrected chi connectivity index (χ1v) is 10.5. The van der Waals surface area contributed by atoms with Gasteiger partial charge in [-0.2, -0.15) is 0 Å². The molecular formula is C20H21N3O2S2. The van der Waals surface area contributed by atoms with E-state index in [0.29, 0.717) is 16.1 Å². The summed E-state index contributed by atoms with van der Waals surface area (Å²) in [5.74, 6) is -0.270. The van der Waals surface area contributed by atoms with Crippen LogP contribution in [0.15, 0.2) is 58.9 Å². The third-order valence-corrected chi connectivity index (χ3v) is 6.00. The van der Waals surface area contributed by atoms with E-state index in [9.17, 15) is 4.79 Å². The Balaban J connectivity index is 1.72. The Hall–Kier alpha value is -2.38. The van der Waals surface area contributed by atoms with Crippen LogP contribution in [0.5, 0.6) is 0 Å². The molecule has 0 saturated carbocycles. The number of ether oxygens (including phenoxy) is 1. The molecule has 0 unspecified atom stereocenters. The van der Waals surface area contributed by atoms with Gasteiger partial charge in [-0.1, -0.05) is 72.5 Å². The van der Waals surface area contributed by atoms with Crippen LogP contribution in [0.25, 0.3) is 0 Å². The van der Waals surface area contributed by atoms with Gasteiger partial charge in [0.05, 0.1) is 6.61 Å². The van der Waals surface area contributed by atoms with E-state index in [-0.39, 0.29) is 5.97 Å². The molecule has 0 aliphatic heterocycles. The first kappa shape index (κ1) is 19.4. The molecule has 0 aliphatic carbocycles. The molecule has 0 saturated heterocycles. The van der Waals surface area contributed by atoms with Crippen LogP contribution < -0.4 is 5.32 Å². The molecule has 1 N–H and O–H groups in total. The van der Waals surface area contributed by atoms with Crippen molar-refractivity contribution in [1.29, 1.82) is 0 Å². The molecule has 27 heavy (non-hydrogen) atoms. The van der Waals surface area contributed by atoms with E-state index < -0.39 is 5.25 Å². The second-order valence-corrected chi connectivity index (χ2v) is 8.04. The molecule has 0 fully saturated rings. The maximum Gasteiger partial charge on any atom is 0.324 e. The van der Waals surface area contributed by atoms with E-state index in [1.165, 1.54) is 28.7 Å². The highest BCUT2D eigenvalue weighted by molar-refractivity contribution is 8.01. The van der Waals surface area contributed by atoms with Gasteiger partial charge in [0.25, 0.3) is 0 Å². The molecule has 5 nitrogen and oxygen atoms in total. The van der Waals surface area contributed by atoms with Gasteiger partial charge in [0.1, 0.15) is 5.25 Å². The van der Waals surface area contributed by atoms with Gasteiger partial charge >= 0.3 is 5.97 Å². The smallest absolute Gasteiger partial charge is 0.324 e. The molecule has 0 bridgehead atoms. The van der Waals surface area contributed by atoms with Crippen molar-refractivity contribution >= 4 is 39.9 Å². The van der Waals surface area contributed by atoms with E-state index >= 15 is 0 Å². The number of nitrogens with one attached hydrogen (secondary N) is 1. The molecule has 140 valence electrons. The van der Waals surface area contributed by atoms with Crippen molar-refractivity contribution in [2.75, 3.05) is 11.9 Å². The van der Waals surface area contributed by atoms with Gasteiger partial charge in [-0.15, -0.1) is 10.2 Å². The van der Waals surface area contributed by atoms with Crippen LogP contribution in [0.4, 0.5) is 10.8 Å². The van der Waals surface area contributed by atoms with Crippen molar-refractivity contribution < 1.29 is 9.53 Å². The Morgan fingerprint density at radius 1 is 1.11 bits per heavy atom. The maximum atomic E-state index is 12.4. The third-order valence-electron chi connectivity index (χ3n) is 3.84. The van der Waals surface area contributed by atoms with Gasteiger partial charge in [-0.25, -0.2) is 0 Å². The Morgan fingerprint density at radius 2 is 1.85 bits per heavy atom. The summed E-state index contributed by atoms with van der Waals surface area (Å²) in [5.41, 5.74) is 3.14. The highest BCUT2D eigenvalue weighted by atomic mass is 32.2. The van der Waals surface area contributed by atoms with E-state index in [2.05, 4.69) is 34.6 Å². The number of carbonyl (C=O) groups excluding carboxylic acids is 1. The lowest BCUT2D eigenvalue weighted by atomic mass is 10.1. The topological polar surface area (TPSA) is 64.1 Å². The monoisotopic (exact) mass is 399 g/mol. The zero-order valence-electron chi connectivity index (χ0n) is 15.2. The van der Waals surface area contributed by atoms with Crippen LogP contribution >= 0.6 is 23.1 Å². The molecule has 0 aliphatic rings. The van der Waals surface area contributed by atoms with Gasteiger partial charge in [-0.3, -0.25) is 4.79 Å². The molecule has 3 aromatic rings. The standard InChI is InChI=1S/C20H21N3O2S2/c1-3-14-10-12-16(13-11-14)21-19-22-23-20(27-19)26-17(18(24)25-4-2)15-8-6-5-7-9-15/h5-13,17H,3-4H2,1-2H3,(H,21,22)/t17-/m1/s1. The minimum atomic E-state index is -0.462. The molecule has 0 spiro atoms. The number of aromatic nitrogens is 2. The summed E-state index contributed by atoms with van der Waals surface area (Å²) in [6.45, 7) is 4.28. The fourth-order valence-corrected chi connectivity index (χ4v) is 4.42. The minimum Gasteiger partial charge on any atom is -0.465 e. The van der Waals surface area contributed by atoms with Crippen LogP contribution in [0.1, 0.15) is 30.2 Å². The summed E-state index contributed by atoms with van der Waals surface area (Å²) >= 11 is 2.78. The molecule has 2 aromatic carbocycles. The van der Waals surface area contributed by atoms with Crippen molar-refractivity contribution in [2.45, 2.75) is 29.9 Å². The summed E-state index contributed by atoms with van der Waals surface area (Å²) in [6.07, 6.45) is 1.01. The summed E-state index contributed by atoms with van der Waals surface area (Å²) in [4.78, 5) is 12.4. The van der Waals surface area contributed by atoms with E-state index in [4.69, 9.17) is 4.74 Å². The first-order valence-electron chi connectivity index (χ1n) is 8.77. The Labute approximate surface area is 167 Å². The largest absolute Gasteiger partial charge is 0.465 e. The van der Waals surface area contributed by atoms with Gasteiger partial charge in [0.2, 0.25) is 5.13 Å². The Kier molecular flexibility index (Phi) is 6.84. The van der Waals surface area contributed by atoms with Crippen molar-refractivity contribution in [2.24, 2.45) is 0 Å². The van der Waals surface area contributed by atoms with Crippen LogP contribution in [0.3, 0.4) is 0 Å². The predicted molar refractivity (Wildman–Crippen MR) is 111 cm³/mol. The Bertz CT molecular complexity index is 866. The van der Waals surface area contributed by atoms with Crippen molar-refractivity contribution in [3.8, 4) is 0 Å². The predicted octanol–water partition coefficient (Wildman–Crippen LogP) is 5.24. The fourth-order valence-electron chi connectivity index (χ4n) is 2.45. The lowest BCUT2D eigenvalue weighted by molar-refractivity contribution is -0.142. The van der Waals surface area contributed by atoms with E-state index in [1.54, 1.807) is 6.92 Å². The number of hydrogen-bond acceptors (Lipinski definition) is 7. The molecule has 1 atom stereocenters. The lowest BCUT2D eigenvalue weighted by Crippen LogP contribution is -2.13. The molecule has 0 radical (unpaired) electrons. The van der Waals surface area contributed by atoms with Gasteiger partial charge in [0, 0.05) is 5.69 Å². The number of aryl methyl sites for hydroxylation is 1. The number of rotatable bonds is 8. The number of nitrogens with zero attached hydrogens (tertiary/aromatic N) is 2. The average molecular weight is 400 g/mol. The number of benzene rings is 2. The lowest BCUT2D eigenvalue weighted by Gasteiger charge is -2.13. The second-order valence-electron chi connectivity index (χ2n) is 5.71. The maximum absolute atomic E-state index is 12.4. The molecule has 7 heteroatoms. The van der Waals surface area contributed by atoms with E-state index in [1.807, 2.05) is 42.5 Å². The van der Waals surface area contributed by atoms with Gasteiger partial charge < -0.3 is 10.1 Å². The SMILES string of the molecule is CCOC(=O)[C@H](Sc1nnc(Nc2ccc(CC)cc2)s1)c1ccccc1. The molecule has 3 rings (SSSR count). The minimum absolute atomic E-state index is 0.270.